The van der Waals surface area contributed by atoms with Gasteiger partial charge in [-0.1, -0.05) is 24.3 Å². The van der Waals surface area contributed by atoms with Crippen LogP contribution in [0.3, 0.4) is 0 Å². The average Bonchev–Trinajstić information content (AvgIpc) is 2.82. The molecule has 2 aromatic carbocycles. The van der Waals surface area contributed by atoms with Crippen molar-refractivity contribution in [1.29, 1.82) is 0 Å². The Bertz CT molecular complexity index is 759. The van der Waals surface area contributed by atoms with E-state index in [0.29, 0.717) is 6.42 Å². The van der Waals surface area contributed by atoms with Crippen LogP contribution in [0, 0.1) is 6.92 Å². The number of ether oxygens (including phenoxy) is 1. The number of hydrogen-bond donors (Lipinski definition) is 1. The van der Waals surface area contributed by atoms with Crippen LogP contribution in [0.2, 0.25) is 0 Å². The van der Waals surface area contributed by atoms with Crippen LogP contribution < -0.4 is 10.5 Å². The van der Waals surface area contributed by atoms with E-state index in [-0.39, 0.29) is 22.4 Å². The fourth-order valence-corrected chi connectivity index (χ4v) is 4.24. The van der Waals surface area contributed by atoms with Gasteiger partial charge in [0.25, 0.3) is 0 Å². The van der Waals surface area contributed by atoms with Gasteiger partial charge in [0.1, 0.15) is 11.9 Å². The number of sulfone groups is 1. The summed E-state index contributed by atoms with van der Waals surface area (Å²) in [5.41, 5.74) is 8.03. The molecule has 0 aromatic heterocycles. The molecule has 1 heterocycles. The van der Waals surface area contributed by atoms with Crippen molar-refractivity contribution in [2.45, 2.75) is 24.3 Å². The number of anilines is 1. The Morgan fingerprint density at radius 3 is 2.76 bits per heavy atom. The van der Waals surface area contributed by atoms with Crippen molar-refractivity contribution in [2.24, 2.45) is 0 Å². The fraction of sp³-hybridized carbons (Fsp3) is 0.250. The second-order valence-corrected chi connectivity index (χ2v) is 7.38. The second-order valence-electron chi connectivity index (χ2n) is 5.37. The van der Waals surface area contributed by atoms with Crippen LogP contribution in [0.1, 0.15) is 11.1 Å². The molecule has 2 aromatic rings. The van der Waals surface area contributed by atoms with E-state index in [0.717, 1.165) is 16.9 Å². The van der Waals surface area contributed by atoms with Gasteiger partial charge in [0.15, 0.2) is 9.84 Å². The Hall–Kier alpha value is -2.01. The van der Waals surface area contributed by atoms with E-state index >= 15 is 0 Å². The SMILES string of the molecule is Cc1ccc(N)c(S(=O)(=O)CC2Cc3ccccc3O2)c1. The van der Waals surface area contributed by atoms with Crippen LogP contribution in [0.5, 0.6) is 5.75 Å². The molecule has 0 bridgehead atoms. The van der Waals surface area contributed by atoms with E-state index < -0.39 is 9.84 Å². The van der Waals surface area contributed by atoms with E-state index in [2.05, 4.69) is 0 Å². The lowest BCUT2D eigenvalue weighted by Gasteiger charge is -2.13. The lowest BCUT2D eigenvalue weighted by Crippen LogP contribution is -2.25. The molecule has 21 heavy (non-hydrogen) atoms. The molecule has 110 valence electrons. The molecule has 1 aliphatic rings. The maximum atomic E-state index is 12.6. The van der Waals surface area contributed by atoms with Crippen LogP contribution in [0.25, 0.3) is 0 Å². The fourth-order valence-electron chi connectivity index (χ4n) is 2.59. The maximum Gasteiger partial charge on any atom is 0.184 e. The summed E-state index contributed by atoms with van der Waals surface area (Å²) in [6, 6.07) is 12.7. The zero-order chi connectivity index (χ0) is 15.0. The summed E-state index contributed by atoms with van der Waals surface area (Å²) in [4.78, 5) is 0.196. The molecule has 0 spiro atoms. The molecule has 0 saturated carbocycles. The topological polar surface area (TPSA) is 69.4 Å². The first-order valence-electron chi connectivity index (χ1n) is 6.79. The molecular formula is C16H17NO3S. The number of fused-ring (bicyclic) bond motifs is 1. The van der Waals surface area contributed by atoms with Crippen LogP contribution in [-0.4, -0.2) is 20.3 Å². The number of benzene rings is 2. The van der Waals surface area contributed by atoms with Gasteiger partial charge in [-0.3, -0.25) is 0 Å². The molecule has 1 aliphatic heterocycles. The summed E-state index contributed by atoms with van der Waals surface area (Å²) in [6.07, 6.45) is 0.258. The van der Waals surface area contributed by atoms with Gasteiger partial charge in [-0.05, 0) is 36.2 Å². The number of rotatable bonds is 3. The minimum absolute atomic E-state index is 0.0602. The summed E-state index contributed by atoms with van der Waals surface area (Å²) in [7, 11) is -3.46. The molecule has 5 heteroatoms. The van der Waals surface area contributed by atoms with E-state index in [4.69, 9.17) is 10.5 Å². The maximum absolute atomic E-state index is 12.6. The quantitative estimate of drug-likeness (QED) is 0.884. The summed E-state index contributed by atoms with van der Waals surface area (Å²) < 4.78 is 30.8. The van der Waals surface area contributed by atoms with Crippen LogP contribution in [0.4, 0.5) is 5.69 Å². The van der Waals surface area contributed by atoms with Crippen molar-refractivity contribution in [3.05, 3.63) is 53.6 Å². The Balaban J connectivity index is 1.84. The van der Waals surface area contributed by atoms with Crippen LogP contribution in [-0.2, 0) is 16.3 Å². The molecule has 4 nitrogen and oxygen atoms in total. The monoisotopic (exact) mass is 303 g/mol. The highest BCUT2D eigenvalue weighted by atomic mass is 32.2. The third-order valence-corrected chi connectivity index (χ3v) is 5.46. The highest BCUT2D eigenvalue weighted by Gasteiger charge is 2.29. The van der Waals surface area contributed by atoms with Crippen LogP contribution >= 0.6 is 0 Å². The largest absolute Gasteiger partial charge is 0.489 e. The Labute approximate surface area is 124 Å². The molecule has 1 unspecified atom stereocenters. The average molecular weight is 303 g/mol. The Morgan fingerprint density at radius 2 is 2.00 bits per heavy atom. The second kappa shape index (κ2) is 5.07. The molecular weight excluding hydrogens is 286 g/mol. The summed E-state index contributed by atoms with van der Waals surface area (Å²) in [6.45, 7) is 1.85. The number of nitrogen functional groups attached to an aromatic ring is 1. The standard InChI is InChI=1S/C16H17NO3S/c1-11-6-7-14(17)16(8-11)21(18,19)10-13-9-12-4-2-3-5-15(12)20-13/h2-8,13H,9-10,17H2,1H3. The lowest BCUT2D eigenvalue weighted by atomic mass is 10.1. The first kappa shape index (κ1) is 13.9. The van der Waals surface area contributed by atoms with Crippen LogP contribution in [0.15, 0.2) is 47.4 Å². The van der Waals surface area contributed by atoms with E-state index in [1.54, 1.807) is 18.2 Å². The van der Waals surface area contributed by atoms with Gasteiger partial charge in [-0.15, -0.1) is 0 Å². The van der Waals surface area contributed by atoms with E-state index in [1.165, 1.54) is 0 Å². The smallest absolute Gasteiger partial charge is 0.184 e. The van der Waals surface area contributed by atoms with Gasteiger partial charge in [0, 0.05) is 6.42 Å². The zero-order valence-corrected chi connectivity index (χ0v) is 12.6. The summed E-state index contributed by atoms with van der Waals surface area (Å²) >= 11 is 0. The van der Waals surface area contributed by atoms with Gasteiger partial charge in [0.05, 0.1) is 16.3 Å². The normalized spacial score (nSPS) is 17.3. The van der Waals surface area contributed by atoms with Crippen molar-refractivity contribution in [3.8, 4) is 5.75 Å². The number of hydrogen-bond acceptors (Lipinski definition) is 4. The van der Waals surface area contributed by atoms with Crippen molar-refractivity contribution in [3.63, 3.8) is 0 Å². The summed E-state index contributed by atoms with van der Waals surface area (Å²) in [5, 5.41) is 0. The Morgan fingerprint density at radius 1 is 1.24 bits per heavy atom. The number of nitrogens with two attached hydrogens (primary N) is 1. The molecule has 1 atom stereocenters. The lowest BCUT2D eigenvalue weighted by molar-refractivity contribution is 0.256. The highest BCUT2D eigenvalue weighted by molar-refractivity contribution is 7.91. The van der Waals surface area contributed by atoms with E-state index in [1.807, 2.05) is 31.2 Å². The minimum Gasteiger partial charge on any atom is -0.489 e. The van der Waals surface area contributed by atoms with Crippen molar-refractivity contribution in [2.75, 3.05) is 11.5 Å². The molecule has 0 amide bonds. The third-order valence-electron chi connectivity index (χ3n) is 3.62. The minimum atomic E-state index is -3.46. The van der Waals surface area contributed by atoms with Gasteiger partial charge in [-0.25, -0.2) is 8.42 Å². The predicted molar refractivity (Wildman–Crippen MR) is 82.2 cm³/mol. The predicted octanol–water partition coefficient (Wildman–Crippen LogP) is 2.35. The molecule has 0 aliphatic carbocycles. The van der Waals surface area contributed by atoms with Gasteiger partial charge in [0.2, 0.25) is 0 Å². The first-order chi connectivity index (χ1) is 9.95. The Kier molecular flexibility index (Phi) is 3.37. The molecule has 3 rings (SSSR count). The first-order valence-corrected chi connectivity index (χ1v) is 8.44. The van der Waals surface area contributed by atoms with Crippen molar-refractivity contribution >= 4 is 15.5 Å². The van der Waals surface area contributed by atoms with Gasteiger partial charge in [-0.2, -0.15) is 0 Å². The molecule has 0 saturated heterocycles. The molecule has 0 radical (unpaired) electrons. The number of para-hydroxylation sites is 1. The molecule has 2 N–H and O–H groups in total. The van der Waals surface area contributed by atoms with Gasteiger partial charge < -0.3 is 10.5 Å². The van der Waals surface area contributed by atoms with E-state index in [9.17, 15) is 8.42 Å². The highest BCUT2D eigenvalue weighted by Crippen LogP contribution is 2.30. The zero-order valence-electron chi connectivity index (χ0n) is 11.7. The number of aryl methyl sites for hydroxylation is 1. The van der Waals surface area contributed by atoms with Gasteiger partial charge >= 0.3 is 0 Å². The molecule has 0 fully saturated rings. The third kappa shape index (κ3) is 2.74. The van der Waals surface area contributed by atoms with Crippen molar-refractivity contribution < 1.29 is 13.2 Å². The summed E-state index contributed by atoms with van der Waals surface area (Å²) in [5.74, 6) is 0.713. The van der Waals surface area contributed by atoms with Crippen molar-refractivity contribution in [1.82, 2.24) is 0 Å².